The summed E-state index contributed by atoms with van der Waals surface area (Å²) in [5.41, 5.74) is 1.97. The van der Waals surface area contributed by atoms with Crippen molar-refractivity contribution in [3.8, 4) is 0 Å². The molecule has 1 atom stereocenters. The third-order valence-corrected chi connectivity index (χ3v) is 3.77. The van der Waals surface area contributed by atoms with E-state index in [0.717, 1.165) is 5.56 Å². The van der Waals surface area contributed by atoms with E-state index in [9.17, 15) is 9.18 Å². The first-order valence-corrected chi connectivity index (χ1v) is 7.96. The van der Waals surface area contributed by atoms with Gasteiger partial charge in [-0.25, -0.2) is 9.37 Å². The fourth-order valence-electron chi connectivity index (χ4n) is 2.43. The molecule has 2 aromatic carbocycles. The van der Waals surface area contributed by atoms with Gasteiger partial charge in [0.2, 0.25) is 0 Å². The maximum Gasteiger partial charge on any atom is 0.255 e. The molecule has 0 saturated heterocycles. The topological polar surface area (TPSA) is 54.0 Å². The van der Waals surface area contributed by atoms with E-state index in [1.165, 1.54) is 18.2 Å². The van der Waals surface area contributed by atoms with Gasteiger partial charge in [-0.05, 0) is 42.8 Å². The summed E-state index contributed by atoms with van der Waals surface area (Å²) in [6.07, 6.45) is 1.57. The Hall–Kier alpha value is -3.21. The normalized spacial score (nSPS) is 11.6. The van der Waals surface area contributed by atoms with Crippen molar-refractivity contribution in [1.29, 1.82) is 0 Å². The van der Waals surface area contributed by atoms with Crippen molar-refractivity contribution in [2.45, 2.75) is 13.0 Å². The van der Waals surface area contributed by atoms with Crippen LogP contribution in [0.2, 0.25) is 0 Å². The minimum atomic E-state index is -0.444. The second-order valence-electron chi connectivity index (χ2n) is 5.67. The van der Waals surface area contributed by atoms with Crippen molar-refractivity contribution >= 4 is 17.4 Å². The van der Waals surface area contributed by atoms with E-state index in [-0.39, 0.29) is 17.5 Å². The maximum atomic E-state index is 13.2. The molecule has 1 unspecified atom stereocenters. The molecule has 0 aliphatic heterocycles. The van der Waals surface area contributed by atoms with E-state index >= 15 is 0 Å². The number of hydrogen-bond acceptors (Lipinski definition) is 3. The maximum absolute atomic E-state index is 13.2. The molecule has 3 aromatic rings. The predicted molar refractivity (Wildman–Crippen MR) is 97.1 cm³/mol. The monoisotopic (exact) mass is 335 g/mol. The highest BCUT2D eigenvalue weighted by Gasteiger charge is 2.08. The molecular weight excluding hydrogens is 317 g/mol. The van der Waals surface area contributed by atoms with Gasteiger partial charge >= 0.3 is 0 Å². The summed E-state index contributed by atoms with van der Waals surface area (Å²) in [4.78, 5) is 16.4. The first-order valence-electron chi connectivity index (χ1n) is 7.96. The largest absolute Gasteiger partial charge is 0.364 e. The smallest absolute Gasteiger partial charge is 0.255 e. The molecule has 0 radical (unpaired) electrons. The van der Waals surface area contributed by atoms with E-state index in [1.807, 2.05) is 30.3 Å². The average Bonchev–Trinajstić information content (AvgIpc) is 2.64. The van der Waals surface area contributed by atoms with Gasteiger partial charge in [0, 0.05) is 11.6 Å². The molecular formula is C20H18FN3O. The summed E-state index contributed by atoms with van der Waals surface area (Å²) in [6.45, 7) is 2.05. The van der Waals surface area contributed by atoms with E-state index in [1.54, 1.807) is 24.4 Å². The predicted octanol–water partition coefficient (Wildman–Crippen LogP) is 4.65. The number of nitrogens with zero attached hydrogens (tertiary/aromatic N) is 1. The van der Waals surface area contributed by atoms with E-state index in [0.29, 0.717) is 11.5 Å². The fraction of sp³-hybridized carbons (Fsp3) is 0.100. The highest BCUT2D eigenvalue weighted by Crippen LogP contribution is 2.18. The summed E-state index contributed by atoms with van der Waals surface area (Å²) >= 11 is 0. The van der Waals surface area contributed by atoms with Gasteiger partial charge in [0.1, 0.15) is 11.6 Å². The van der Waals surface area contributed by atoms with Gasteiger partial charge in [0.05, 0.1) is 11.9 Å². The Labute approximate surface area is 145 Å². The van der Waals surface area contributed by atoms with Crippen LogP contribution in [0.1, 0.15) is 28.9 Å². The molecule has 0 bridgehead atoms. The molecule has 2 N–H and O–H groups in total. The molecule has 5 heteroatoms. The molecule has 0 spiro atoms. The molecule has 126 valence electrons. The van der Waals surface area contributed by atoms with Crippen LogP contribution in [0.25, 0.3) is 0 Å². The number of aromatic nitrogens is 1. The lowest BCUT2D eigenvalue weighted by atomic mass is 10.1. The van der Waals surface area contributed by atoms with E-state index in [2.05, 4.69) is 22.5 Å². The quantitative estimate of drug-likeness (QED) is 0.714. The molecule has 1 heterocycles. The summed E-state index contributed by atoms with van der Waals surface area (Å²) < 4.78 is 13.2. The number of carbonyl (C=O) groups is 1. The number of nitrogens with one attached hydrogen (secondary N) is 2. The zero-order chi connectivity index (χ0) is 17.6. The highest BCUT2D eigenvalue weighted by molar-refractivity contribution is 6.04. The number of rotatable bonds is 5. The van der Waals surface area contributed by atoms with Gasteiger partial charge < -0.3 is 10.6 Å². The Balaban J connectivity index is 1.63. The average molecular weight is 335 g/mol. The van der Waals surface area contributed by atoms with E-state index in [4.69, 9.17) is 0 Å². The number of benzene rings is 2. The van der Waals surface area contributed by atoms with Crippen LogP contribution in [0.5, 0.6) is 0 Å². The number of amides is 1. The Kier molecular flexibility index (Phi) is 5.04. The minimum Gasteiger partial charge on any atom is -0.364 e. The molecule has 1 amide bonds. The molecule has 0 saturated carbocycles. The van der Waals surface area contributed by atoms with Crippen molar-refractivity contribution in [3.05, 3.63) is 89.9 Å². The van der Waals surface area contributed by atoms with Crippen LogP contribution in [0.4, 0.5) is 15.9 Å². The SMILES string of the molecule is CC(Nc1ccc(NC(=O)c2cccc(F)c2)cn1)c1ccccc1. The number of hydrogen-bond donors (Lipinski definition) is 2. The van der Waals surface area contributed by atoms with Gasteiger partial charge in [0.15, 0.2) is 0 Å². The van der Waals surface area contributed by atoms with Crippen molar-refractivity contribution in [2.24, 2.45) is 0 Å². The van der Waals surface area contributed by atoms with E-state index < -0.39 is 5.82 Å². The zero-order valence-corrected chi connectivity index (χ0v) is 13.7. The summed E-state index contributed by atoms with van der Waals surface area (Å²) in [5, 5.41) is 6.01. The van der Waals surface area contributed by atoms with Crippen molar-refractivity contribution in [3.63, 3.8) is 0 Å². The molecule has 3 rings (SSSR count). The third kappa shape index (κ3) is 4.41. The highest BCUT2D eigenvalue weighted by atomic mass is 19.1. The first-order chi connectivity index (χ1) is 12.1. The second-order valence-corrected chi connectivity index (χ2v) is 5.67. The van der Waals surface area contributed by atoms with Crippen LogP contribution < -0.4 is 10.6 Å². The Morgan fingerprint density at radius 3 is 2.52 bits per heavy atom. The van der Waals surface area contributed by atoms with Crippen molar-refractivity contribution in [1.82, 2.24) is 4.98 Å². The lowest BCUT2D eigenvalue weighted by Gasteiger charge is -2.15. The number of halogens is 1. The summed E-state index contributed by atoms with van der Waals surface area (Å²) in [6, 6.07) is 19.3. The Morgan fingerprint density at radius 1 is 1.04 bits per heavy atom. The lowest BCUT2D eigenvalue weighted by Crippen LogP contribution is -2.12. The van der Waals surface area contributed by atoms with Gasteiger partial charge in [-0.15, -0.1) is 0 Å². The standard InChI is InChI=1S/C20H18FN3O/c1-14(15-6-3-2-4-7-15)23-19-11-10-18(13-22-19)24-20(25)16-8-5-9-17(21)12-16/h2-14H,1H3,(H,22,23)(H,24,25). The zero-order valence-electron chi connectivity index (χ0n) is 13.7. The molecule has 0 fully saturated rings. The van der Waals surface area contributed by atoms with Gasteiger partial charge in [-0.2, -0.15) is 0 Å². The number of anilines is 2. The Bertz CT molecular complexity index is 850. The van der Waals surface area contributed by atoms with Crippen molar-refractivity contribution < 1.29 is 9.18 Å². The van der Waals surface area contributed by atoms with Crippen LogP contribution in [0.15, 0.2) is 72.9 Å². The minimum absolute atomic E-state index is 0.112. The Morgan fingerprint density at radius 2 is 1.84 bits per heavy atom. The molecule has 0 aliphatic carbocycles. The molecule has 1 aromatic heterocycles. The molecule has 0 aliphatic rings. The van der Waals surface area contributed by atoms with Crippen LogP contribution in [-0.4, -0.2) is 10.9 Å². The van der Waals surface area contributed by atoms with Gasteiger partial charge in [0.25, 0.3) is 5.91 Å². The number of carbonyl (C=O) groups excluding carboxylic acids is 1. The fourth-order valence-corrected chi connectivity index (χ4v) is 2.43. The number of pyridine rings is 1. The molecule has 4 nitrogen and oxygen atoms in total. The van der Waals surface area contributed by atoms with Gasteiger partial charge in [-0.3, -0.25) is 4.79 Å². The van der Waals surface area contributed by atoms with Crippen molar-refractivity contribution in [2.75, 3.05) is 10.6 Å². The second kappa shape index (κ2) is 7.57. The van der Waals surface area contributed by atoms with Crippen LogP contribution >= 0.6 is 0 Å². The molecule has 25 heavy (non-hydrogen) atoms. The summed E-state index contributed by atoms with van der Waals surface area (Å²) in [5.74, 6) is -0.111. The summed E-state index contributed by atoms with van der Waals surface area (Å²) in [7, 11) is 0. The third-order valence-electron chi connectivity index (χ3n) is 3.77. The van der Waals surface area contributed by atoms with Gasteiger partial charge in [-0.1, -0.05) is 36.4 Å². The first kappa shape index (κ1) is 16.6. The lowest BCUT2D eigenvalue weighted by molar-refractivity contribution is 0.102. The van der Waals surface area contributed by atoms with Crippen LogP contribution in [0, 0.1) is 5.82 Å². The van der Waals surface area contributed by atoms with Crippen LogP contribution in [-0.2, 0) is 0 Å². The van der Waals surface area contributed by atoms with Crippen LogP contribution in [0.3, 0.4) is 0 Å².